The summed E-state index contributed by atoms with van der Waals surface area (Å²) < 4.78 is 39.2. The summed E-state index contributed by atoms with van der Waals surface area (Å²) in [6, 6.07) is 12.3. The molecule has 2 aromatic carbocycles. The van der Waals surface area contributed by atoms with Crippen molar-refractivity contribution in [2.24, 2.45) is 7.05 Å². The predicted molar refractivity (Wildman–Crippen MR) is 112 cm³/mol. The van der Waals surface area contributed by atoms with E-state index in [4.69, 9.17) is 9.47 Å². The highest BCUT2D eigenvalue weighted by atomic mass is 19.1. The maximum atomic E-state index is 13.3. The van der Waals surface area contributed by atoms with E-state index in [0.29, 0.717) is 40.1 Å². The molecule has 0 saturated heterocycles. The minimum absolute atomic E-state index is 0.00311. The smallest absolute Gasteiger partial charge is 0.355 e. The largest absolute Gasteiger partial charge is 0.489 e. The zero-order valence-electron chi connectivity index (χ0n) is 17.5. The topological polar surface area (TPSA) is 64.2 Å². The number of hydrogen-bond donors (Lipinski definition) is 0. The third kappa shape index (κ3) is 4.58. The van der Waals surface area contributed by atoms with Crippen molar-refractivity contribution in [1.82, 2.24) is 4.57 Å². The monoisotopic (exact) mass is 424 g/mol. The molecule has 0 fully saturated rings. The lowest BCUT2D eigenvalue weighted by Crippen LogP contribution is -2.12. The van der Waals surface area contributed by atoms with Gasteiger partial charge in [0.25, 0.3) is 0 Å². The van der Waals surface area contributed by atoms with Gasteiger partial charge in [0.15, 0.2) is 0 Å². The Morgan fingerprint density at radius 1 is 1.10 bits per heavy atom. The molecule has 1 heterocycles. The molecule has 0 saturated carbocycles. The van der Waals surface area contributed by atoms with Crippen LogP contribution >= 0.6 is 0 Å². The van der Waals surface area contributed by atoms with E-state index < -0.39 is 17.6 Å². The van der Waals surface area contributed by atoms with Crippen LogP contribution in [0.3, 0.4) is 0 Å². The van der Waals surface area contributed by atoms with Gasteiger partial charge in [0.2, 0.25) is 0 Å². The Balaban J connectivity index is 1.93. The highest BCUT2D eigenvalue weighted by Gasteiger charge is 2.26. The maximum absolute atomic E-state index is 13.3. The van der Waals surface area contributed by atoms with Crippen molar-refractivity contribution in [2.45, 2.75) is 26.9 Å². The number of aromatic nitrogens is 1. The molecule has 0 spiro atoms. The van der Waals surface area contributed by atoms with Crippen molar-refractivity contribution in [3.8, 4) is 22.9 Å². The van der Waals surface area contributed by atoms with Gasteiger partial charge in [0.05, 0.1) is 12.2 Å². The van der Waals surface area contributed by atoms with Crippen LogP contribution in [0.2, 0.25) is 0 Å². The SMILES string of the molecule is CCOC(=O)c1c(-c2ccc(OCc3cc(F)cc(F)c3)cc2)c(C#N)c(CC)n1C. The molecular formula is C24H22F2N2O3. The standard InChI is InChI=1S/C24H22F2N2O3/c1-4-21-20(13-27)22(23(28(21)3)24(29)30-5-2)16-6-8-19(9-7-16)31-14-15-10-17(25)12-18(26)11-15/h6-12H,4-5,14H2,1-3H3. The molecule has 3 rings (SSSR count). The molecule has 160 valence electrons. The van der Waals surface area contributed by atoms with E-state index in [1.54, 1.807) is 42.8 Å². The Bertz CT molecular complexity index is 1120. The molecule has 0 atom stereocenters. The number of rotatable bonds is 7. The van der Waals surface area contributed by atoms with Gasteiger partial charge in [-0.15, -0.1) is 0 Å². The fourth-order valence-electron chi connectivity index (χ4n) is 3.57. The molecule has 3 aromatic rings. The van der Waals surface area contributed by atoms with Crippen LogP contribution in [-0.4, -0.2) is 17.1 Å². The summed E-state index contributed by atoms with van der Waals surface area (Å²) in [6.07, 6.45) is 0.581. The molecule has 0 N–H and O–H groups in total. The summed E-state index contributed by atoms with van der Waals surface area (Å²) in [5.41, 5.74) is 3.04. The zero-order valence-corrected chi connectivity index (χ0v) is 17.5. The number of halogens is 2. The van der Waals surface area contributed by atoms with Crippen LogP contribution in [0.4, 0.5) is 8.78 Å². The van der Waals surface area contributed by atoms with E-state index >= 15 is 0 Å². The fraction of sp³-hybridized carbons (Fsp3) is 0.250. The van der Waals surface area contributed by atoms with E-state index in [2.05, 4.69) is 6.07 Å². The molecule has 0 aliphatic heterocycles. The number of hydrogen-bond acceptors (Lipinski definition) is 4. The summed E-state index contributed by atoms with van der Waals surface area (Å²) in [5.74, 6) is -1.35. The molecule has 1 aromatic heterocycles. The number of ether oxygens (including phenoxy) is 2. The van der Waals surface area contributed by atoms with E-state index in [1.165, 1.54) is 12.1 Å². The number of esters is 1. The first-order chi connectivity index (χ1) is 14.9. The highest BCUT2D eigenvalue weighted by Crippen LogP contribution is 2.34. The lowest BCUT2D eigenvalue weighted by Gasteiger charge is -2.10. The Kier molecular flexibility index (Phi) is 6.71. The number of carbonyl (C=O) groups is 1. The van der Waals surface area contributed by atoms with Gasteiger partial charge >= 0.3 is 5.97 Å². The van der Waals surface area contributed by atoms with Crippen LogP contribution < -0.4 is 4.74 Å². The first kappa shape index (κ1) is 22.0. The minimum Gasteiger partial charge on any atom is -0.489 e. The summed E-state index contributed by atoms with van der Waals surface area (Å²) in [4.78, 5) is 12.6. The van der Waals surface area contributed by atoms with Crippen molar-refractivity contribution < 1.29 is 23.0 Å². The summed E-state index contributed by atoms with van der Waals surface area (Å²) in [6.45, 7) is 3.86. The van der Waals surface area contributed by atoms with Gasteiger partial charge in [0.1, 0.15) is 35.8 Å². The van der Waals surface area contributed by atoms with Crippen LogP contribution in [0.5, 0.6) is 5.75 Å². The van der Waals surface area contributed by atoms with Crippen molar-refractivity contribution in [3.05, 3.63) is 76.6 Å². The summed E-state index contributed by atoms with van der Waals surface area (Å²) in [5, 5.41) is 9.75. The minimum atomic E-state index is -0.666. The van der Waals surface area contributed by atoms with Crippen molar-refractivity contribution >= 4 is 5.97 Å². The fourth-order valence-corrected chi connectivity index (χ4v) is 3.57. The quantitative estimate of drug-likeness (QED) is 0.492. The molecule has 0 radical (unpaired) electrons. The van der Waals surface area contributed by atoms with Gasteiger partial charge in [0, 0.05) is 24.4 Å². The summed E-state index contributed by atoms with van der Waals surface area (Å²) >= 11 is 0. The van der Waals surface area contributed by atoms with E-state index in [-0.39, 0.29) is 13.2 Å². The van der Waals surface area contributed by atoms with Crippen LogP contribution in [0, 0.1) is 23.0 Å². The third-order valence-electron chi connectivity index (χ3n) is 4.90. The molecule has 31 heavy (non-hydrogen) atoms. The van der Waals surface area contributed by atoms with Gasteiger partial charge in [-0.25, -0.2) is 13.6 Å². The highest BCUT2D eigenvalue weighted by molar-refractivity contribution is 5.98. The zero-order chi connectivity index (χ0) is 22.5. The molecule has 0 bridgehead atoms. The number of nitriles is 1. The van der Waals surface area contributed by atoms with Crippen molar-refractivity contribution in [2.75, 3.05) is 6.61 Å². The average molecular weight is 424 g/mol. The van der Waals surface area contributed by atoms with Gasteiger partial charge in [-0.3, -0.25) is 0 Å². The van der Waals surface area contributed by atoms with Gasteiger partial charge in [-0.1, -0.05) is 19.1 Å². The molecule has 0 unspecified atom stereocenters. The lowest BCUT2D eigenvalue weighted by molar-refractivity contribution is 0.0516. The van der Waals surface area contributed by atoms with Crippen LogP contribution in [0.1, 0.15) is 41.2 Å². The molecule has 0 aliphatic carbocycles. The van der Waals surface area contributed by atoms with Crippen molar-refractivity contribution in [1.29, 1.82) is 5.26 Å². The second-order valence-electron chi connectivity index (χ2n) is 6.88. The maximum Gasteiger partial charge on any atom is 0.355 e. The number of benzene rings is 2. The van der Waals surface area contributed by atoms with Crippen LogP contribution in [0.15, 0.2) is 42.5 Å². The molecular weight excluding hydrogens is 402 g/mol. The number of nitrogens with zero attached hydrogens (tertiary/aromatic N) is 2. The number of carbonyl (C=O) groups excluding carboxylic acids is 1. The van der Waals surface area contributed by atoms with E-state index in [0.717, 1.165) is 11.8 Å². The average Bonchev–Trinajstić information content (AvgIpc) is 3.03. The van der Waals surface area contributed by atoms with E-state index in [1.807, 2.05) is 6.92 Å². The molecule has 7 heteroatoms. The Morgan fingerprint density at radius 2 is 1.74 bits per heavy atom. The Morgan fingerprint density at radius 3 is 2.29 bits per heavy atom. The van der Waals surface area contributed by atoms with Gasteiger partial charge in [-0.05, 0) is 48.7 Å². The Hall–Kier alpha value is -3.66. The predicted octanol–water partition coefficient (Wildman–Crippen LogP) is 5.16. The summed E-state index contributed by atoms with van der Waals surface area (Å²) in [7, 11) is 1.74. The molecule has 0 amide bonds. The molecule has 0 aliphatic rings. The van der Waals surface area contributed by atoms with Gasteiger partial charge in [-0.2, -0.15) is 5.26 Å². The lowest BCUT2D eigenvalue weighted by atomic mass is 10.00. The van der Waals surface area contributed by atoms with E-state index in [9.17, 15) is 18.8 Å². The normalized spacial score (nSPS) is 10.6. The second kappa shape index (κ2) is 9.43. The third-order valence-corrected chi connectivity index (χ3v) is 4.90. The Labute approximate surface area is 179 Å². The first-order valence-corrected chi connectivity index (χ1v) is 9.86. The van der Waals surface area contributed by atoms with Crippen molar-refractivity contribution in [3.63, 3.8) is 0 Å². The van der Waals surface area contributed by atoms with Crippen LogP contribution in [-0.2, 0) is 24.8 Å². The van der Waals surface area contributed by atoms with Gasteiger partial charge < -0.3 is 14.0 Å². The van der Waals surface area contributed by atoms with Crippen LogP contribution in [0.25, 0.3) is 11.1 Å². The molecule has 5 nitrogen and oxygen atoms in total. The second-order valence-corrected chi connectivity index (χ2v) is 6.88. The first-order valence-electron chi connectivity index (χ1n) is 9.86.